The van der Waals surface area contributed by atoms with Gasteiger partial charge in [0.1, 0.15) is 0 Å². The molecule has 0 fully saturated rings. The van der Waals surface area contributed by atoms with E-state index in [0.29, 0.717) is 24.5 Å². The first-order chi connectivity index (χ1) is 16.5. The Morgan fingerprint density at radius 2 is 1.59 bits per heavy atom. The van der Waals surface area contributed by atoms with Crippen LogP contribution in [0, 0.1) is 0 Å². The van der Waals surface area contributed by atoms with Crippen molar-refractivity contribution >= 4 is 11.8 Å². The van der Waals surface area contributed by atoms with Crippen LogP contribution in [-0.4, -0.2) is 37.5 Å². The number of carbonyl (C=O) groups is 2. The Morgan fingerprint density at radius 1 is 0.971 bits per heavy atom. The fraction of sp³-hybridized carbons (Fsp3) is 0.286. The molecule has 0 aliphatic carbocycles. The third-order valence-corrected chi connectivity index (χ3v) is 6.27. The normalized spacial score (nSPS) is 15.7. The van der Waals surface area contributed by atoms with Gasteiger partial charge in [0, 0.05) is 13.5 Å². The van der Waals surface area contributed by atoms with Gasteiger partial charge in [0.25, 0.3) is 0 Å². The zero-order valence-corrected chi connectivity index (χ0v) is 19.8. The number of fused-ring (bicyclic) bond motifs is 1. The summed E-state index contributed by atoms with van der Waals surface area (Å²) in [5, 5.41) is 2.95. The summed E-state index contributed by atoms with van der Waals surface area (Å²) in [4.78, 5) is 27.6. The molecule has 0 saturated carbocycles. The SMILES string of the molecule is COc1cc2c(cc1OC)C(c1ccccc1)N(C(=O)CC(NC(C)=O)c1ccccc1)CC2. The average molecular weight is 459 g/mol. The van der Waals surface area contributed by atoms with Crippen LogP contribution in [0.4, 0.5) is 0 Å². The number of hydrogen-bond acceptors (Lipinski definition) is 4. The minimum absolute atomic E-state index is 0.0168. The van der Waals surface area contributed by atoms with E-state index in [1.54, 1.807) is 14.2 Å². The molecule has 2 unspecified atom stereocenters. The number of nitrogens with zero attached hydrogens (tertiary/aromatic N) is 1. The highest BCUT2D eigenvalue weighted by Crippen LogP contribution is 2.41. The lowest BCUT2D eigenvalue weighted by molar-refractivity contribution is -0.134. The van der Waals surface area contributed by atoms with Crippen LogP contribution < -0.4 is 14.8 Å². The quantitative estimate of drug-likeness (QED) is 0.568. The second-order valence-electron chi connectivity index (χ2n) is 8.42. The molecule has 0 aromatic heterocycles. The summed E-state index contributed by atoms with van der Waals surface area (Å²) < 4.78 is 11.1. The Balaban J connectivity index is 1.72. The molecule has 3 aromatic carbocycles. The molecule has 2 atom stereocenters. The lowest BCUT2D eigenvalue weighted by Crippen LogP contribution is -2.42. The molecule has 0 radical (unpaired) electrons. The minimum atomic E-state index is -0.394. The molecule has 0 spiro atoms. The fourth-order valence-electron chi connectivity index (χ4n) is 4.68. The molecule has 1 aliphatic rings. The number of hydrogen-bond donors (Lipinski definition) is 1. The van der Waals surface area contributed by atoms with Gasteiger partial charge in [-0.3, -0.25) is 9.59 Å². The zero-order chi connectivity index (χ0) is 24.1. The summed E-state index contributed by atoms with van der Waals surface area (Å²) in [7, 11) is 3.24. The van der Waals surface area contributed by atoms with Crippen molar-refractivity contribution in [2.24, 2.45) is 0 Å². The van der Waals surface area contributed by atoms with Crippen molar-refractivity contribution in [2.45, 2.75) is 31.8 Å². The molecule has 6 heteroatoms. The maximum atomic E-state index is 13.8. The van der Waals surface area contributed by atoms with Crippen LogP contribution in [-0.2, 0) is 16.0 Å². The first-order valence-corrected chi connectivity index (χ1v) is 11.4. The van der Waals surface area contributed by atoms with Crippen LogP contribution in [0.3, 0.4) is 0 Å². The molecule has 0 bridgehead atoms. The highest BCUT2D eigenvalue weighted by Gasteiger charge is 2.34. The summed E-state index contributed by atoms with van der Waals surface area (Å²) in [5.41, 5.74) is 4.10. The Hall–Kier alpha value is -3.80. The van der Waals surface area contributed by atoms with Gasteiger partial charge in [0.2, 0.25) is 11.8 Å². The van der Waals surface area contributed by atoms with Gasteiger partial charge >= 0.3 is 0 Å². The van der Waals surface area contributed by atoms with Crippen LogP contribution in [0.1, 0.15) is 47.7 Å². The number of rotatable bonds is 7. The molecule has 1 aliphatic heterocycles. The summed E-state index contributed by atoms with van der Waals surface area (Å²) >= 11 is 0. The van der Waals surface area contributed by atoms with Gasteiger partial charge < -0.3 is 19.7 Å². The van der Waals surface area contributed by atoms with Crippen LogP contribution in [0.15, 0.2) is 72.8 Å². The standard InChI is InChI=1S/C28H30N2O4/c1-19(31)29-24(20-10-6-4-7-11-20)18-27(32)30-15-14-22-16-25(33-2)26(34-3)17-23(22)28(30)21-12-8-5-9-13-21/h4-13,16-17,24,28H,14-15,18H2,1-3H3,(H,29,31). The number of methoxy groups -OCH3 is 2. The highest BCUT2D eigenvalue weighted by atomic mass is 16.5. The van der Waals surface area contributed by atoms with E-state index in [1.807, 2.05) is 77.7 Å². The zero-order valence-electron chi connectivity index (χ0n) is 19.8. The monoisotopic (exact) mass is 458 g/mol. The number of carbonyl (C=O) groups excluding carboxylic acids is 2. The van der Waals surface area contributed by atoms with E-state index in [0.717, 1.165) is 22.3 Å². The lowest BCUT2D eigenvalue weighted by atomic mass is 9.87. The van der Waals surface area contributed by atoms with Gasteiger partial charge in [0.15, 0.2) is 11.5 Å². The van der Waals surface area contributed by atoms with Gasteiger partial charge in [-0.2, -0.15) is 0 Å². The van der Waals surface area contributed by atoms with Crippen molar-refractivity contribution in [3.63, 3.8) is 0 Å². The van der Waals surface area contributed by atoms with Gasteiger partial charge in [-0.15, -0.1) is 0 Å². The lowest BCUT2D eigenvalue weighted by Gasteiger charge is -2.39. The Kier molecular flexibility index (Phi) is 7.16. The van der Waals surface area contributed by atoms with Crippen LogP contribution in [0.2, 0.25) is 0 Å². The third-order valence-electron chi connectivity index (χ3n) is 6.27. The summed E-state index contributed by atoms with van der Waals surface area (Å²) in [6, 6.07) is 23.0. The predicted octanol–water partition coefficient (Wildman–Crippen LogP) is 4.45. The molecule has 6 nitrogen and oxygen atoms in total. The van der Waals surface area contributed by atoms with Crippen LogP contribution in [0.25, 0.3) is 0 Å². The average Bonchev–Trinajstić information content (AvgIpc) is 2.87. The summed E-state index contributed by atoms with van der Waals surface area (Å²) in [6.07, 6.45) is 0.885. The molecular weight excluding hydrogens is 428 g/mol. The van der Waals surface area contributed by atoms with Crippen molar-refractivity contribution in [3.05, 3.63) is 95.1 Å². The van der Waals surface area contributed by atoms with Gasteiger partial charge in [-0.05, 0) is 40.8 Å². The van der Waals surface area contributed by atoms with E-state index in [4.69, 9.17) is 9.47 Å². The van der Waals surface area contributed by atoms with Gasteiger partial charge in [-0.25, -0.2) is 0 Å². The van der Waals surface area contributed by atoms with E-state index >= 15 is 0 Å². The van der Waals surface area contributed by atoms with Gasteiger partial charge in [-0.1, -0.05) is 60.7 Å². The van der Waals surface area contributed by atoms with E-state index < -0.39 is 6.04 Å². The second-order valence-corrected chi connectivity index (χ2v) is 8.42. The molecule has 176 valence electrons. The van der Waals surface area contributed by atoms with Crippen molar-refractivity contribution in [3.8, 4) is 11.5 Å². The topological polar surface area (TPSA) is 67.9 Å². The minimum Gasteiger partial charge on any atom is -0.493 e. The van der Waals surface area contributed by atoms with Crippen LogP contribution >= 0.6 is 0 Å². The smallest absolute Gasteiger partial charge is 0.225 e. The molecule has 4 rings (SSSR count). The molecule has 1 N–H and O–H groups in total. The first-order valence-electron chi connectivity index (χ1n) is 11.4. The van der Waals surface area contributed by atoms with E-state index in [2.05, 4.69) is 5.32 Å². The molecule has 1 heterocycles. The molecule has 3 aromatic rings. The fourth-order valence-corrected chi connectivity index (χ4v) is 4.68. The van der Waals surface area contributed by atoms with E-state index in [9.17, 15) is 9.59 Å². The number of benzene rings is 3. The largest absolute Gasteiger partial charge is 0.493 e. The molecule has 0 saturated heterocycles. The van der Waals surface area contributed by atoms with Crippen molar-refractivity contribution in [1.82, 2.24) is 10.2 Å². The molecule has 2 amide bonds. The molecular formula is C28H30N2O4. The van der Waals surface area contributed by atoms with Crippen molar-refractivity contribution < 1.29 is 19.1 Å². The van der Waals surface area contributed by atoms with E-state index in [-0.39, 0.29) is 24.3 Å². The Morgan fingerprint density at radius 3 is 2.21 bits per heavy atom. The third kappa shape index (κ3) is 4.91. The Bertz CT molecular complexity index is 1150. The molecule has 34 heavy (non-hydrogen) atoms. The maximum Gasteiger partial charge on any atom is 0.225 e. The van der Waals surface area contributed by atoms with Crippen molar-refractivity contribution in [1.29, 1.82) is 0 Å². The summed E-state index contributed by atoms with van der Waals surface area (Å²) in [5.74, 6) is 1.14. The number of amides is 2. The van der Waals surface area contributed by atoms with E-state index in [1.165, 1.54) is 6.92 Å². The Labute approximate surface area is 200 Å². The van der Waals surface area contributed by atoms with Gasteiger partial charge in [0.05, 0.1) is 32.7 Å². The predicted molar refractivity (Wildman–Crippen MR) is 131 cm³/mol. The van der Waals surface area contributed by atoms with Crippen LogP contribution in [0.5, 0.6) is 11.5 Å². The number of nitrogens with one attached hydrogen (secondary N) is 1. The highest BCUT2D eigenvalue weighted by molar-refractivity contribution is 5.80. The first kappa shape index (κ1) is 23.4. The summed E-state index contributed by atoms with van der Waals surface area (Å²) in [6.45, 7) is 2.05. The second kappa shape index (κ2) is 10.4. The number of ether oxygens (including phenoxy) is 2. The maximum absolute atomic E-state index is 13.8. The van der Waals surface area contributed by atoms with Crippen molar-refractivity contribution in [2.75, 3.05) is 20.8 Å².